The van der Waals surface area contributed by atoms with Gasteiger partial charge in [-0.25, -0.2) is 14.6 Å². The number of cyclic esters (lactones) is 1. The van der Waals surface area contributed by atoms with E-state index in [-0.39, 0.29) is 66.1 Å². The molecule has 16 heteroatoms. The van der Waals surface area contributed by atoms with Crippen molar-refractivity contribution in [3.8, 4) is 17.1 Å². The third-order valence-electron chi connectivity index (χ3n) is 11.5. The third-order valence-corrected chi connectivity index (χ3v) is 13.9. The number of rotatable bonds is 9. The molecule has 3 atom stereocenters. The zero-order chi connectivity index (χ0) is 38.6. The van der Waals surface area contributed by atoms with E-state index >= 15 is 0 Å². The van der Waals surface area contributed by atoms with Gasteiger partial charge >= 0.3 is 12.1 Å². The first-order chi connectivity index (χ1) is 26.5. The lowest BCUT2D eigenvalue weighted by Crippen LogP contribution is -2.65. The number of fused-ring (bicyclic) bond motifs is 6. The summed E-state index contributed by atoms with van der Waals surface area (Å²) in [5, 5.41) is 12.0. The number of esters is 1. The number of hydrogen-bond acceptors (Lipinski definition) is 12. The fraction of sp³-hybridized carbons (Fsp3) is 0.462. The molecule has 8 rings (SSSR count). The molecule has 288 valence electrons. The van der Waals surface area contributed by atoms with E-state index < -0.39 is 17.7 Å². The summed E-state index contributed by atoms with van der Waals surface area (Å²) < 4.78 is 12.8. The second-order valence-corrected chi connectivity index (χ2v) is 16.9. The summed E-state index contributed by atoms with van der Waals surface area (Å²) in [5.41, 5.74) is 1.92. The first-order valence-corrected chi connectivity index (χ1v) is 21.2. The Balaban J connectivity index is 0.965. The Morgan fingerprint density at radius 1 is 0.964 bits per heavy atom. The highest BCUT2D eigenvalue weighted by Crippen LogP contribution is 2.41. The number of unbranched alkanes of at least 4 members (excludes halogenated alkanes) is 2. The van der Waals surface area contributed by atoms with Crippen LogP contribution >= 0.6 is 21.6 Å². The third kappa shape index (κ3) is 6.41. The van der Waals surface area contributed by atoms with Crippen molar-refractivity contribution >= 4 is 62.3 Å². The zero-order valence-corrected chi connectivity index (χ0v) is 32.2. The Morgan fingerprint density at radius 3 is 2.42 bits per heavy atom. The van der Waals surface area contributed by atoms with Gasteiger partial charge in [0.05, 0.1) is 41.1 Å². The van der Waals surface area contributed by atoms with E-state index in [1.54, 1.807) is 56.2 Å². The summed E-state index contributed by atoms with van der Waals surface area (Å²) >= 11 is 0. The number of carbonyl (C=O) groups excluding carboxylic acids is 5. The highest BCUT2D eigenvalue weighted by molar-refractivity contribution is 8.76. The van der Waals surface area contributed by atoms with Crippen LogP contribution < -0.4 is 10.3 Å². The second-order valence-electron chi connectivity index (χ2n) is 14.4. The summed E-state index contributed by atoms with van der Waals surface area (Å²) in [6.45, 7) is 4.84. The maximum atomic E-state index is 13.8. The molecule has 2 aromatic heterocycles. The van der Waals surface area contributed by atoms with Crippen molar-refractivity contribution in [3.05, 3.63) is 69.0 Å². The Kier molecular flexibility index (Phi) is 10.0. The average Bonchev–Trinajstić information content (AvgIpc) is 3.72. The number of aromatic nitrogens is 2. The molecule has 4 amide bonds. The maximum Gasteiger partial charge on any atom is 0.415 e. The van der Waals surface area contributed by atoms with E-state index in [1.807, 2.05) is 17.9 Å². The van der Waals surface area contributed by atoms with E-state index in [0.29, 0.717) is 85.9 Å². The minimum absolute atomic E-state index is 0.0413. The first kappa shape index (κ1) is 37.3. The number of amides is 4. The van der Waals surface area contributed by atoms with Crippen LogP contribution in [0, 0.1) is 0 Å². The topological polar surface area (TPSA) is 169 Å². The van der Waals surface area contributed by atoms with Crippen LogP contribution in [0.25, 0.3) is 22.3 Å². The fourth-order valence-electron chi connectivity index (χ4n) is 8.42. The molecule has 0 radical (unpaired) electrons. The van der Waals surface area contributed by atoms with Gasteiger partial charge in [0.1, 0.15) is 12.4 Å². The van der Waals surface area contributed by atoms with E-state index in [4.69, 9.17) is 14.5 Å². The smallest absolute Gasteiger partial charge is 0.415 e. The molecule has 0 saturated carbocycles. The molecule has 1 N–H and O–H groups in total. The number of hydrogen-bond donors (Lipinski definition) is 1. The van der Waals surface area contributed by atoms with Gasteiger partial charge < -0.3 is 28.9 Å². The SMILES string of the molecule is CCc1c2c(nc3ccc(OC(=O)N4CCN(C(=O)CCCCCN5C(=O)C=CC5=O)[C@@H]5CSSC[C@H]54)cc13)-c1cc3c(c(=O)n1C2)COC(=O)[C@]3(O)CC. The van der Waals surface area contributed by atoms with E-state index in [1.165, 1.54) is 17.1 Å². The van der Waals surface area contributed by atoms with E-state index in [0.717, 1.165) is 16.5 Å². The van der Waals surface area contributed by atoms with Gasteiger partial charge in [-0.1, -0.05) is 41.9 Å². The number of piperazine rings is 1. The molecule has 7 heterocycles. The molecule has 14 nitrogen and oxygen atoms in total. The van der Waals surface area contributed by atoms with Crippen molar-refractivity contribution < 1.29 is 38.6 Å². The highest BCUT2D eigenvalue weighted by atomic mass is 33.1. The molecule has 2 fully saturated rings. The van der Waals surface area contributed by atoms with E-state index in [2.05, 4.69) is 0 Å². The van der Waals surface area contributed by atoms with Crippen LogP contribution in [0.2, 0.25) is 0 Å². The molecular formula is C39H41N5O9S2. The summed E-state index contributed by atoms with van der Waals surface area (Å²) in [7, 11) is 3.37. The lowest BCUT2D eigenvalue weighted by Gasteiger charge is -2.48. The van der Waals surface area contributed by atoms with Crippen LogP contribution in [-0.2, 0) is 49.1 Å². The van der Waals surface area contributed by atoms with Crippen LogP contribution in [0.3, 0.4) is 0 Å². The van der Waals surface area contributed by atoms with Gasteiger partial charge in [-0.3, -0.25) is 24.1 Å². The predicted octanol–water partition coefficient (Wildman–Crippen LogP) is 3.90. The summed E-state index contributed by atoms with van der Waals surface area (Å²) in [4.78, 5) is 86.9. The molecule has 1 aromatic carbocycles. The predicted molar refractivity (Wildman–Crippen MR) is 205 cm³/mol. The Hall–Kier alpha value is -4.67. The van der Waals surface area contributed by atoms with Crippen LogP contribution in [0.5, 0.6) is 5.75 Å². The van der Waals surface area contributed by atoms with Crippen molar-refractivity contribution in [2.24, 2.45) is 0 Å². The van der Waals surface area contributed by atoms with Crippen LogP contribution in [-0.4, -0.2) is 102 Å². The number of aryl methyl sites for hydroxylation is 1. The number of imide groups is 1. The Bertz CT molecular complexity index is 2220. The first-order valence-electron chi connectivity index (χ1n) is 18.7. The van der Waals surface area contributed by atoms with Crippen molar-refractivity contribution in [1.82, 2.24) is 24.3 Å². The van der Waals surface area contributed by atoms with Gasteiger partial charge in [0.2, 0.25) is 5.91 Å². The molecule has 0 bridgehead atoms. The number of benzene rings is 1. The molecule has 5 aliphatic rings. The molecule has 5 aliphatic heterocycles. The molecule has 0 spiro atoms. The molecule has 0 unspecified atom stereocenters. The lowest BCUT2D eigenvalue weighted by atomic mass is 9.86. The summed E-state index contributed by atoms with van der Waals surface area (Å²) in [5.74, 6) is 0.398. The highest BCUT2D eigenvalue weighted by Gasteiger charge is 2.46. The molecule has 2 saturated heterocycles. The molecular weight excluding hydrogens is 747 g/mol. The van der Waals surface area contributed by atoms with Crippen molar-refractivity contribution in [1.29, 1.82) is 0 Å². The molecule has 3 aromatic rings. The van der Waals surface area contributed by atoms with Crippen molar-refractivity contribution in [2.45, 2.75) is 83.2 Å². The number of ether oxygens (including phenoxy) is 2. The Labute approximate surface area is 324 Å². The van der Waals surface area contributed by atoms with Gasteiger partial charge in [-0.15, -0.1) is 0 Å². The largest absolute Gasteiger partial charge is 0.458 e. The zero-order valence-electron chi connectivity index (χ0n) is 30.6. The standard InChI is InChI=1S/C39H41N5O9S2/c1-3-23-24-16-22(9-10-28(24)40-35-25(23)18-44-29(35)17-27-26(36(44)48)19-52-37(49)39(27,51)4-2)53-38(50)42-15-14-41(30-20-54-55-21-31(30)42)32(45)8-6-5-7-13-43-33(46)11-12-34(43)47/h9-12,16-17,30-31,51H,3-8,13-15,18-21H2,1-2H3/t30-,31-,39+/m1/s1. The second kappa shape index (κ2) is 14.8. The normalized spacial score (nSPS) is 22.7. The van der Waals surface area contributed by atoms with Gasteiger partial charge in [0, 0.05) is 66.2 Å². The molecule has 0 aliphatic carbocycles. The lowest BCUT2D eigenvalue weighted by molar-refractivity contribution is -0.172. The fourth-order valence-corrected chi connectivity index (χ4v) is 11.1. The average molecular weight is 788 g/mol. The minimum Gasteiger partial charge on any atom is -0.458 e. The summed E-state index contributed by atoms with van der Waals surface area (Å²) in [6, 6.07) is 6.66. The Morgan fingerprint density at radius 2 is 1.69 bits per heavy atom. The van der Waals surface area contributed by atoms with Crippen LogP contribution in [0.4, 0.5) is 4.79 Å². The molecule has 55 heavy (non-hydrogen) atoms. The number of nitrogens with zero attached hydrogens (tertiary/aromatic N) is 5. The van der Waals surface area contributed by atoms with Crippen LogP contribution in [0.15, 0.2) is 41.2 Å². The quantitative estimate of drug-likeness (QED) is 0.113. The van der Waals surface area contributed by atoms with Gasteiger partial charge in [0.15, 0.2) is 5.60 Å². The van der Waals surface area contributed by atoms with Gasteiger partial charge in [-0.05, 0) is 55.5 Å². The van der Waals surface area contributed by atoms with Crippen LogP contribution in [0.1, 0.15) is 68.2 Å². The maximum absolute atomic E-state index is 13.8. The number of carbonyl (C=O) groups is 5. The van der Waals surface area contributed by atoms with Crippen molar-refractivity contribution in [3.63, 3.8) is 0 Å². The number of aliphatic hydroxyl groups is 1. The number of pyridine rings is 2. The monoisotopic (exact) mass is 787 g/mol. The van der Waals surface area contributed by atoms with Gasteiger partial charge in [0.25, 0.3) is 17.4 Å². The summed E-state index contributed by atoms with van der Waals surface area (Å²) in [6.07, 6.45) is 5.10. The minimum atomic E-state index is -1.91. The van der Waals surface area contributed by atoms with Crippen molar-refractivity contribution in [2.75, 3.05) is 31.1 Å². The van der Waals surface area contributed by atoms with Gasteiger partial charge in [-0.2, -0.15) is 0 Å². The van der Waals surface area contributed by atoms with E-state index in [9.17, 15) is 33.9 Å².